The van der Waals surface area contributed by atoms with Crippen LogP contribution >= 0.6 is 0 Å². The maximum Gasteiger partial charge on any atom is 0.415 e. The molecular weight excluding hydrogens is 390 g/mol. The zero-order chi connectivity index (χ0) is 21.3. The summed E-state index contributed by atoms with van der Waals surface area (Å²) < 4.78 is 5.90. The molecule has 1 unspecified atom stereocenters. The minimum Gasteiger partial charge on any atom is -0.438 e. The van der Waals surface area contributed by atoms with Gasteiger partial charge >= 0.3 is 6.09 Å². The van der Waals surface area contributed by atoms with Crippen molar-refractivity contribution in [1.82, 2.24) is 20.6 Å². The molecular formula is C24H21N5O2. The number of carbonyl (C=O) groups is 1. The fourth-order valence-corrected chi connectivity index (χ4v) is 3.92. The Labute approximate surface area is 179 Å². The van der Waals surface area contributed by atoms with E-state index in [1.165, 1.54) is 0 Å². The van der Waals surface area contributed by atoms with Gasteiger partial charge in [0, 0.05) is 24.2 Å². The molecule has 1 fully saturated rings. The van der Waals surface area contributed by atoms with Crippen LogP contribution in [0.2, 0.25) is 0 Å². The van der Waals surface area contributed by atoms with E-state index in [1.54, 1.807) is 4.90 Å². The standard InChI is InChI=1S/C24H21N5O2/c1-24(20-10-3-2-4-11-20)13-14-29(23(30)31-24)21-12-6-8-18(16-21)17-7-5-9-19(15-17)22-25-27-28-26-22/h2-12,15-16H,13-14H2,1H3,(H,25,26,27,28). The van der Waals surface area contributed by atoms with Crippen molar-refractivity contribution in [2.75, 3.05) is 11.4 Å². The van der Waals surface area contributed by atoms with Crippen LogP contribution in [0.1, 0.15) is 18.9 Å². The van der Waals surface area contributed by atoms with Crippen molar-refractivity contribution in [3.8, 4) is 22.5 Å². The largest absolute Gasteiger partial charge is 0.438 e. The van der Waals surface area contributed by atoms with Crippen molar-refractivity contribution in [3.63, 3.8) is 0 Å². The molecule has 1 N–H and O–H groups in total. The van der Waals surface area contributed by atoms with E-state index in [0.717, 1.165) is 27.9 Å². The van der Waals surface area contributed by atoms with E-state index in [2.05, 4.69) is 20.6 Å². The molecule has 0 saturated carbocycles. The number of hydrogen-bond acceptors (Lipinski definition) is 5. The number of H-pyrrole nitrogens is 1. The fourth-order valence-electron chi connectivity index (χ4n) is 3.92. The van der Waals surface area contributed by atoms with E-state index >= 15 is 0 Å². The molecule has 1 aliphatic heterocycles. The lowest BCUT2D eigenvalue weighted by Gasteiger charge is -2.39. The van der Waals surface area contributed by atoms with Crippen LogP contribution in [-0.2, 0) is 10.3 Å². The number of tetrazole rings is 1. The number of rotatable bonds is 4. The predicted molar refractivity (Wildman–Crippen MR) is 117 cm³/mol. The Balaban J connectivity index is 1.40. The monoisotopic (exact) mass is 411 g/mol. The second kappa shape index (κ2) is 7.68. The van der Waals surface area contributed by atoms with Crippen molar-refractivity contribution in [1.29, 1.82) is 0 Å². The van der Waals surface area contributed by atoms with Crippen LogP contribution in [0.5, 0.6) is 0 Å². The number of nitrogens with one attached hydrogen (secondary N) is 1. The van der Waals surface area contributed by atoms with Crippen LogP contribution in [0.3, 0.4) is 0 Å². The summed E-state index contributed by atoms with van der Waals surface area (Å²) in [6, 6.07) is 25.7. The number of benzene rings is 3. The first-order valence-corrected chi connectivity index (χ1v) is 10.1. The normalized spacial score (nSPS) is 18.6. The van der Waals surface area contributed by atoms with Gasteiger partial charge < -0.3 is 4.74 Å². The highest BCUT2D eigenvalue weighted by Crippen LogP contribution is 2.36. The highest BCUT2D eigenvalue weighted by atomic mass is 16.6. The number of hydrogen-bond donors (Lipinski definition) is 1. The van der Waals surface area contributed by atoms with Gasteiger partial charge in [0.2, 0.25) is 0 Å². The first-order chi connectivity index (χ1) is 15.1. The molecule has 1 atom stereocenters. The third-order valence-electron chi connectivity index (χ3n) is 5.70. The molecule has 154 valence electrons. The summed E-state index contributed by atoms with van der Waals surface area (Å²) in [4.78, 5) is 14.6. The maximum absolute atomic E-state index is 12.9. The Morgan fingerprint density at radius 3 is 2.42 bits per heavy atom. The van der Waals surface area contributed by atoms with Crippen molar-refractivity contribution >= 4 is 11.8 Å². The molecule has 0 radical (unpaired) electrons. The summed E-state index contributed by atoms with van der Waals surface area (Å²) in [6.07, 6.45) is 0.372. The summed E-state index contributed by atoms with van der Waals surface area (Å²) >= 11 is 0. The number of anilines is 1. The Kier molecular flexibility index (Phi) is 4.71. The van der Waals surface area contributed by atoms with E-state index in [4.69, 9.17) is 4.74 Å². The molecule has 4 aromatic rings. The lowest BCUT2D eigenvalue weighted by Crippen LogP contribution is -2.46. The van der Waals surface area contributed by atoms with Gasteiger partial charge in [-0.05, 0) is 52.2 Å². The number of carbonyl (C=O) groups excluding carboxylic acids is 1. The number of ether oxygens (including phenoxy) is 1. The maximum atomic E-state index is 12.9. The summed E-state index contributed by atoms with van der Waals surface area (Å²) in [5.41, 5.74) is 4.10. The summed E-state index contributed by atoms with van der Waals surface area (Å²) in [5.74, 6) is 0.609. The third kappa shape index (κ3) is 3.66. The first kappa shape index (κ1) is 19.0. The van der Waals surface area contributed by atoms with E-state index in [1.807, 2.05) is 85.8 Å². The molecule has 1 saturated heterocycles. The van der Waals surface area contributed by atoms with Crippen molar-refractivity contribution in [3.05, 3.63) is 84.4 Å². The van der Waals surface area contributed by atoms with Gasteiger partial charge in [0.15, 0.2) is 5.82 Å². The highest BCUT2D eigenvalue weighted by molar-refractivity contribution is 5.90. The average Bonchev–Trinajstić information content (AvgIpc) is 3.35. The number of aromatic amines is 1. The summed E-state index contributed by atoms with van der Waals surface area (Å²) in [6.45, 7) is 2.55. The van der Waals surface area contributed by atoms with Crippen LogP contribution in [-0.4, -0.2) is 33.3 Å². The lowest BCUT2D eigenvalue weighted by atomic mass is 9.91. The van der Waals surface area contributed by atoms with Gasteiger partial charge in [-0.3, -0.25) is 4.90 Å². The zero-order valence-electron chi connectivity index (χ0n) is 17.0. The number of amides is 1. The Hall–Kier alpha value is -4.00. The van der Waals surface area contributed by atoms with Gasteiger partial charge in [0.25, 0.3) is 0 Å². The number of cyclic esters (lactones) is 1. The van der Waals surface area contributed by atoms with E-state index in [-0.39, 0.29) is 6.09 Å². The molecule has 1 aromatic heterocycles. The highest BCUT2D eigenvalue weighted by Gasteiger charge is 2.38. The van der Waals surface area contributed by atoms with Crippen molar-refractivity contribution < 1.29 is 9.53 Å². The van der Waals surface area contributed by atoms with Gasteiger partial charge in [0.1, 0.15) is 5.60 Å². The Bertz CT molecular complexity index is 1210. The van der Waals surface area contributed by atoms with Crippen LogP contribution in [0.25, 0.3) is 22.5 Å². The average molecular weight is 411 g/mol. The van der Waals surface area contributed by atoms with Gasteiger partial charge in [0.05, 0.1) is 0 Å². The van der Waals surface area contributed by atoms with Crippen LogP contribution in [0, 0.1) is 0 Å². The molecule has 7 heteroatoms. The van der Waals surface area contributed by atoms with Crippen molar-refractivity contribution in [2.24, 2.45) is 0 Å². The lowest BCUT2D eigenvalue weighted by molar-refractivity contribution is 0.00583. The fraction of sp³-hybridized carbons (Fsp3) is 0.167. The van der Waals surface area contributed by atoms with Gasteiger partial charge in [-0.1, -0.05) is 60.7 Å². The molecule has 0 bridgehead atoms. The number of aromatic nitrogens is 4. The van der Waals surface area contributed by atoms with E-state index < -0.39 is 5.60 Å². The van der Waals surface area contributed by atoms with E-state index in [9.17, 15) is 4.79 Å². The van der Waals surface area contributed by atoms with Crippen LogP contribution in [0.4, 0.5) is 10.5 Å². The van der Waals surface area contributed by atoms with Gasteiger partial charge in [-0.2, -0.15) is 0 Å². The summed E-state index contributed by atoms with van der Waals surface area (Å²) in [5, 5.41) is 14.0. The Morgan fingerprint density at radius 2 is 1.68 bits per heavy atom. The van der Waals surface area contributed by atoms with Crippen LogP contribution < -0.4 is 4.90 Å². The van der Waals surface area contributed by atoms with Crippen LogP contribution in [0.15, 0.2) is 78.9 Å². The number of nitrogens with zero attached hydrogens (tertiary/aromatic N) is 4. The molecule has 1 amide bonds. The van der Waals surface area contributed by atoms with Crippen molar-refractivity contribution in [2.45, 2.75) is 18.9 Å². The molecule has 5 rings (SSSR count). The SMILES string of the molecule is CC1(c2ccccc2)CCN(c2cccc(-c3cccc(-c4nnn[nH]4)c3)c2)C(=O)O1. The second-order valence-electron chi connectivity index (χ2n) is 7.75. The quantitative estimate of drug-likeness (QED) is 0.522. The minimum absolute atomic E-state index is 0.337. The third-order valence-corrected chi connectivity index (χ3v) is 5.70. The first-order valence-electron chi connectivity index (χ1n) is 10.1. The minimum atomic E-state index is -0.619. The smallest absolute Gasteiger partial charge is 0.415 e. The van der Waals surface area contributed by atoms with Gasteiger partial charge in [-0.25, -0.2) is 9.89 Å². The zero-order valence-corrected chi connectivity index (χ0v) is 17.0. The molecule has 0 aliphatic carbocycles. The summed E-state index contributed by atoms with van der Waals surface area (Å²) in [7, 11) is 0. The molecule has 3 aromatic carbocycles. The Morgan fingerprint density at radius 1 is 0.935 bits per heavy atom. The van der Waals surface area contributed by atoms with Gasteiger partial charge in [-0.15, -0.1) is 5.10 Å². The molecule has 0 spiro atoms. The second-order valence-corrected chi connectivity index (χ2v) is 7.75. The predicted octanol–water partition coefficient (Wildman–Crippen LogP) is 4.80. The van der Waals surface area contributed by atoms with E-state index in [0.29, 0.717) is 18.8 Å². The molecule has 2 heterocycles. The topological polar surface area (TPSA) is 84.0 Å². The molecule has 31 heavy (non-hydrogen) atoms. The molecule has 7 nitrogen and oxygen atoms in total. The molecule has 1 aliphatic rings.